The fourth-order valence-corrected chi connectivity index (χ4v) is 5.22. The number of aliphatic hydroxyl groups is 1. The zero-order valence-electron chi connectivity index (χ0n) is 21.5. The second kappa shape index (κ2) is 12.4. The average Bonchev–Trinajstić information content (AvgIpc) is 2.70. The lowest BCUT2D eigenvalue weighted by molar-refractivity contribution is -0.150. The van der Waals surface area contributed by atoms with Crippen LogP contribution in [0.5, 0.6) is 0 Å². The van der Waals surface area contributed by atoms with Crippen molar-refractivity contribution in [2.24, 2.45) is 16.7 Å². The molecule has 0 fully saturated rings. The van der Waals surface area contributed by atoms with Crippen LogP contribution in [0.15, 0.2) is 22.7 Å². The molecule has 1 aliphatic rings. The third kappa shape index (κ3) is 6.98. The van der Waals surface area contributed by atoms with Gasteiger partial charge in [0.15, 0.2) is 11.5 Å². The first-order chi connectivity index (χ1) is 15.3. The molecule has 3 N–H and O–H groups in total. The predicted octanol–water partition coefficient (Wildman–Crippen LogP) is 5.53. The Labute approximate surface area is 198 Å². The quantitative estimate of drug-likeness (QED) is 0.287. The van der Waals surface area contributed by atoms with Gasteiger partial charge in [-0.2, -0.15) is 0 Å². The summed E-state index contributed by atoms with van der Waals surface area (Å²) in [5, 5.41) is 29.8. The van der Waals surface area contributed by atoms with Gasteiger partial charge in [0, 0.05) is 5.92 Å². The lowest BCUT2D eigenvalue weighted by Gasteiger charge is -2.46. The molecule has 3 unspecified atom stereocenters. The summed E-state index contributed by atoms with van der Waals surface area (Å²) >= 11 is 0. The lowest BCUT2D eigenvalue weighted by atomic mass is 9.57. The van der Waals surface area contributed by atoms with Crippen molar-refractivity contribution in [2.75, 3.05) is 14.2 Å². The summed E-state index contributed by atoms with van der Waals surface area (Å²) < 4.78 is 11.1. The van der Waals surface area contributed by atoms with Gasteiger partial charge in [0.2, 0.25) is 0 Å². The second-order valence-electron chi connectivity index (χ2n) is 10.4. The minimum absolute atomic E-state index is 0.0228. The molecule has 0 aliphatic heterocycles. The Morgan fingerprint density at radius 3 is 1.82 bits per heavy atom. The molecule has 0 aromatic rings. The minimum atomic E-state index is -1.43. The van der Waals surface area contributed by atoms with Gasteiger partial charge >= 0.3 is 11.9 Å². The van der Waals surface area contributed by atoms with Gasteiger partial charge in [-0.15, -0.1) is 0 Å². The maximum atomic E-state index is 12.7. The summed E-state index contributed by atoms with van der Waals surface area (Å²) in [6, 6.07) is 0. The Morgan fingerprint density at radius 1 is 0.939 bits per heavy atom. The number of aliphatic carboxylic acids is 2. The van der Waals surface area contributed by atoms with Crippen LogP contribution in [-0.4, -0.2) is 47.6 Å². The zero-order chi connectivity index (χ0) is 25.4. The summed E-state index contributed by atoms with van der Waals surface area (Å²) in [7, 11) is 2.82. The van der Waals surface area contributed by atoms with Crippen LogP contribution in [0, 0.1) is 16.7 Å². The number of methoxy groups -OCH3 is 2. The van der Waals surface area contributed by atoms with Crippen molar-refractivity contribution in [1.82, 2.24) is 0 Å². The standard InChI is InChI=1S/C26H44O7/c1-17(27)15-13-11-9-8-10-12-14-16-18-19(23(28)29)20(32-6)21(33-7)22(25(2,3)4)26(18,5)24(30)31/h17-18,27H,8-16H2,1-7H3,(H,28,29)(H,30,31). The topological polar surface area (TPSA) is 113 Å². The number of unbranched alkanes of at least 4 members (excludes halogenated alkanes) is 6. The maximum Gasteiger partial charge on any atom is 0.335 e. The van der Waals surface area contributed by atoms with Crippen LogP contribution >= 0.6 is 0 Å². The highest BCUT2D eigenvalue weighted by atomic mass is 16.5. The Bertz CT molecular complexity index is 742. The summed E-state index contributed by atoms with van der Waals surface area (Å²) in [5.41, 5.74) is -1.47. The van der Waals surface area contributed by atoms with E-state index >= 15 is 0 Å². The summed E-state index contributed by atoms with van der Waals surface area (Å²) in [6.45, 7) is 9.17. The normalized spacial score (nSPS) is 22.4. The van der Waals surface area contributed by atoms with Crippen LogP contribution in [0.2, 0.25) is 0 Å². The van der Waals surface area contributed by atoms with Gasteiger partial charge in [-0.1, -0.05) is 65.7 Å². The van der Waals surface area contributed by atoms with E-state index < -0.39 is 28.7 Å². The first-order valence-electron chi connectivity index (χ1n) is 12.1. The third-order valence-corrected chi connectivity index (χ3v) is 6.69. The van der Waals surface area contributed by atoms with Gasteiger partial charge < -0.3 is 24.8 Å². The number of hydrogen-bond acceptors (Lipinski definition) is 5. The number of hydrogen-bond donors (Lipinski definition) is 3. The first-order valence-corrected chi connectivity index (χ1v) is 12.1. The van der Waals surface area contributed by atoms with Crippen molar-refractivity contribution >= 4 is 11.9 Å². The second-order valence-corrected chi connectivity index (χ2v) is 10.4. The zero-order valence-corrected chi connectivity index (χ0v) is 21.5. The molecule has 7 nitrogen and oxygen atoms in total. The molecule has 0 saturated heterocycles. The van der Waals surface area contributed by atoms with Crippen molar-refractivity contribution in [3.8, 4) is 0 Å². The molecule has 0 saturated carbocycles. The van der Waals surface area contributed by atoms with Crippen LogP contribution in [0.3, 0.4) is 0 Å². The van der Waals surface area contributed by atoms with Crippen LogP contribution < -0.4 is 0 Å². The fraction of sp³-hybridized carbons (Fsp3) is 0.769. The Morgan fingerprint density at radius 2 is 1.42 bits per heavy atom. The van der Waals surface area contributed by atoms with Crippen LogP contribution in [-0.2, 0) is 19.1 Å². The van der Waals surface area contributed by atoms with Crippen LogP contribution in [0.25, 0.3) is 0 Å². The first kappa shape index (κ1) is 29.0. The van der Waals surface area contributed by atoms with Crippen molar-refractivity contribution < 1.29 is 34.4 Å². The van der Waals surface area contributed by atoms with E-state index in [1.165, 1.54) is 14.2 Å². The molecule has 0 spiro atoms. The number of aliphatic hydroxyl groups excluding tert-OH is 1. The maximum absolute atomic E-state index is 12.7. The highest BCUT2D eigenvalue weighted by Gasteiger charge is 2.56. The van der Waals surface area contributed by atoms with Gasteiger partial charge in [-0.05, 0) is 37.7 Å². The monoisotopic (exact) mass is 468 g/mol. The number of carbonyl (C=O) groups is 2. The van der Waals surface area contributed by atoms with E-state index in [2.05, 4.69) is 0 Å². The minimum Gasteiger partial charge on any atom is -0.493 e. The number of ether oxygens (including phenoxy) is 2. The predicted molar refractivity (Wildman–Crippen MR) is 128 cm³/mol. The number of carboxylic acid groups (broad SMARTS) is 2. The third-order valence-electron chi connectivity index (χ3n) is 6.69. The van der Waals surface area contributed by atoms with E-state index in [9.17, 15) is 24.9 Å². The molecule has 0 radical (unpaired) electrons. The molecular formula is C26H44O7. The van der Waals surface area contributed by atoms with Gasteiger partial charge in [-0.3, -0.25) is 4.79 Å². The van der Waals surface area contributed by atoms with Gasteiger partial charge in [0.05, 0.1) is 31.3 Å². The molecule has 3 atom stereocenters. The van der Waals surface area contributed by atoms with Gasteiger partial charge in [-0.25, -0.2) is 4.79 Å². The molecule has 0 heterocycles. The highest BCUT2D eigenvalue weighted by Crippen LogP contribution is 2.55. The molecule has 0 amide bonds. The van der Waals surface area contributed by atoms with E-state index in [0.717, 1.165) is 51.4 Å². The largest absolute Gasteiger partial charge is 0.493 e. The van der Waals surface area contributed by atoms with Crippen molar-refractivity contribution in [3.05, 3.63) is 22.7 Å². The average molecular weight is 469 g/mol. The highest BCUT2D eigenvalue weighted by molar-refractivity contribution is 5.93. The molecule has 190 valence electrons. The Balaban J connectivity index is 3.11. The van der Waals surface area contributed by atoms with Crippen LogP contribution in [0.4, 0.5) is 0 Å². The molecule has 0 bridgehead atoms. The van der Waals surface area contributed by atoms with E-state index in [-0.39, 0.29) is 23.2 Å². The van der Waals surface area contributed by atoms with Gasteiger partial charge in [0.25, 0.3) is 0 Å². The van der Waals surface area contributed by atoms with E-state index in [1.54, 1.807) is 13.8 Å². The summed E-state index contributed by atoms with van der Waals surface area (Å²) in [4.78, 5) is 25.0. The van der Waals surface area contributed by atoms with Crippen molar-refractivity contribution in [3.63, 3.8) is 0 Å². The molecule has 1 aliphatic carbocycles. The van der Waals surface area contributed by atoms with Crippen molar-refractivity contribution in [2.45, 2.75) is 98.5 Å². The molecule has 7 heteroatoms. The SMILES string of the molecule is COC1=C(C(=O)O)C(CCCCCCCCCC(C)O)C(C)(C(=O)O)C(C(C)(C)C)=C1OC. The Hall–Kier alpha value is -2.02. The Kier molecular flexibility index (Phi) is 10.9. The van der Waals surface area contributed by atoms with E-state index in [1.807, 2.05) is 20.8 Å². The molecule has 0 aromatic carbocycles. The summed E-state index contributed by atoms with van der Waals surface area (Å²) in [5.74, 6) is -2.64. The number of carboxylic acids is 2. The van der Waals surface area contributed by atoms with E-state index in [0.29, 0.717) is 12.0 Å². The molecule has 1 rings (SSSR count). The number of rotatable bonds is 14. The van der Waals surface area contributed by atoms with Crippen LogP contribution in [0.1, 0.15) is 92.4 Å². The van der Waals surface area contributed by atoms with E-state index in [4.69, 9.17) is 9.47 Å². The van der Waals surface area contributed by atoms with Gasteiger partial charge in [0.1, 0.15) is 0 Å². The summed E-state index contributed by atoms with van der Waals surface area (Å²) in [6.07, 6.45) is 7.96. The lowest BCUT2D eigenvalue weighted by Crippen LogP contribution is -2.47. The smallest absolute Gasteiger partial charge is 0.335 e. The fourth-order valence-electron chi connectivity index (χ4n) is 5.22. The molecule has 0 aromatic heterocycles. The molecular weight excluding hydrogens is 424 g/mol. The molecule has 33 heavy (non-hydrogen) atoms. The van der Waals surface area contributed by atoms with Crippen molar-refractivity contribution in [1.29, 1.82) is 0 Å².